The Morgan fingerprint density at radius 2 is 2.12 bits per heavy atom. The third kappa shape index (κ3) is 3.53. The largest absolute Gasteiger partial charge is 0.416 e. The summed E-state index contributed by atoms with van der Waals surface area (Å²) in [5.41, 5.74) is -0.423. The van der Waals surface area contributed by atoms with Crippen LogP contribution in [0.2, 0.25) is 0 Å². The summed E-state index contributed by atoms with van der Waals surface area (Å²) in [6.45, 7) is 1.62. The van der Waals surface area contributed by atoms with E-state index in [1.807, 2.05) is 0 Å². The number of halogens is 3. The summed E-state index contributed by atoms with van der Waals surface area (Å²) in [6.07, 6.45) is -3.64. The molecule has 2 N–H and O–H groups in total. The molecule has 0 spiro atoms. The molecule has 130 valence electrons. The van der Waals surface area contributed by atoms with Gasteiger partial charge < -0.3 is 10.6 Å². The van der Waals surface area contributed by atoms with Gasteiger partial charge in [0.2, 0.25) is 5.91 Å². The third-order valence-electron chi connectivity index (χ3n) is 4.44. The molecular weight excluding hydrogens is 323 g/mol. The van der Waals surface area contributed by atoms with Gasteiger partial charge in [0, 0.05) is 19.6 Å². The number of hydrogen-bond donors (Lipinski definition) is 2. The number of urea groups is 1. The highest BCUT2D eigenvalue weighted by molar-refractivity contribution is 5.96. The summed E-state index contributed by atoms with van der Waals surface area (Å²) < 4.78 is 38.1. The van der Waals surface area contributed by atoms with Crippen LogP contribution in [-0.4, -0.2) is 36.5 Å². The lowest BCUT2D eigenvalue weighted by atomic mass is 9.85. The number of hydrogen-bond acceptors (Lipinski definition) is 3. The molecule has 1 aromatic rings. The predicted octanol–water partition coefficient (Wildman–Crippen LogP) is 1.98. The van der Waals surface area contributed by atoms with Crippen LogP contribution in [0.5, 0.6) is 0 Å². The van der Waals surface area contributed by atoms with Gasteiger partial charge in [-0.15, -0.1) is 0 Å². The number of alkyl halides is 3. The first-order valence-electron chi connectivity index (χ1n) is 7.80. The maximum atomic E-state index is 12.7. The van der Waals surface area contributed by atoms with Crippen molar-refractivity contribution in [2.24, 2.45) is 11.8 Å². The zero-order valence-electron chi connectivity index (χ0n) is 12.9. The van der Waals surface area contributed by atoms with Crippen molar-refractivity contribution < 1.29 is 22.8 Å². The SMILES string of the molecule is O=C(NCc1cccc(C(F)(F)F)c1)N1CC2CNCC(C2)C1=O. The minimum absolute atomic E-state index is 0.0554. The smallest absolute Gasteiger partial charge is 0.334 e. The molecule has 2 aliphatic heterocycles. The van der Waals surface area contributed by atoms with Crippen LogP contribution in [0.1, 0.15) is 17.5 Å². The van der Waals surface area contributed by atoms with Crippen molar-refractivity contribution in [1.82, 2.24) is 15.5 Å². The predicted molar refractivity (Wildman–Crippen MR) is 79.9 cm³/mol. The Morgan fingerprint density at radius 1 is 1.33 bits per heavy atom. The van der Waals surface area contributed by atoms with Crippen molar-refractivity contribution in [1.29, 1.82) is 0 Å². The van der Waals surface area contributed by atoms with Crippen LogP contribution < -0.4 is 10.6 Å². The molecule has 1 aromatic carbocycles. The molecule has 3 amide bonds. The Bertz CT molecular complexity index is 648. The molecule has 2 atom stereocenters. The number of carbonyl (C=O) groups excluding carboxylic acids is 2. The summed E-state index contributed by atoms with van der Waals surface area (Å²) in [4.78, 5) is 25.7. The van der Waals surface area contributed by atoms with E-state index < -0.39 is 17.8 Å². The first-order chi connectivity index (χ1) is 11.3. The standard InChI is InChI=1S/C16H18F3N3O2/c17-16(18,19)13-3-1-2-10(5-13)7-21-15(24)22-9-11-4-12(14(22)23)8-20-6-11/h1-3,5,11-12,20H,4,6-9H2,(H,21,24). The topological polar surface area (TPSA) is 61.4 Å². The number of amides is 3. The summed E-state index contributed by atoms with van der Waals surface area (Å²) in [5.74, 6) is -0.183. The number of nitrogens with zero attached hydrogens (tertiary/aromatic N) is 1. The molecule has 2 bridgehead atoms. The molecule has 2 saturated heterocycles. The highest BCUT2D eigenvalue weighted by Gasteiger charge is 2.39. The lowest BCUT2D eigenvalue weighted by Crippen LogP contribution is -2.58. The van der Waals surface area contributed by atoms with Crippen LogP contribution >= 0.6 is 0 Å². The maximum Gasteiger partial charge on any atom is 0.416 e. The Kier molecular flexibility index (Phi) is 4.49. The molecule has 5 nitrogen and oxygen atoms in total. The average molecular weight is 341 g/mol. The summed E-state index contributed by atoms with van der Waals surface area (Å²) >= 11 is 0. The molecule has 3 rings (SSSR count). The Hall–Kier alpha value is -2.09. The molecule has 0 radical (unpaired) electrons. The Labute approximate surface area is 137 Å². The second kappa shape index (κ2) is 6.43. The van der Waals surface area contributed by atoms with Gasteiger partial charge in [-0.3, -0.25) is 9.69 Å². The lowest BCUT2D eigenvalue weighted by molar-refractivity contribution is -0.138. The number of piperidine rings is 2. The van der Waals surface area contributed by atoms with Crippen LogP contribution in [0.15, 0.2) is 24.3 Å². The minimum atomic E-state index is -4.42. The first kappa shape index (κ1) is 16.8. The Morgan fingerprint density at radius 3 is 2.88 bits per heavy atom. The van der Waals surface area contributed by atoms with Gasteiger partial charge >= 0.3 is 12.2 Å². The Balaban J connectivity index is 1.62. The molecule has 0 aromatic heterocycles. The van der Waals surface area contributed by atoms with Gasteiger partial charge in [-0.2, -0.15) is 13.2 Å². The van der Waals surface area contributed by atoms with E-state index in [-0.39, 0.29) is 24.3 Å². The van der Waals surface area contributed by atoms with Crippen molar-refractivity contribution in [2.75, 3.05) is 19.6 Å². The summed E-state index contributed by atoms with van der Waals surface area (Å²) in [5, 5.41) is 5.71. The highest BCUT2D eigenvalue weighted by Crippen LogP contribution is 2.29. The van der Waals surface area contributed by atoms with Crippen molar-refractivity contribution >= 4 is 11.9 Å². The zero-order chi connectivity index (χ0) is 17.3. The van der Waals surface area contributed by atoms with Crippen LogP contribution in [0, 0.1) is 11.8 Å². The summed E-state index contributed by atoms with van der Waals surface area (Å²) in [6, 6.07) is 4.23. The van der Waals surface area contributed by atoms with Gasteiger partial charge in [-0.05, 0) is 36.6 Å². The maximum absolute atomic E-state index is 12.7. The molecule has 2 heterocycles. The molecule has 2 fully saturated rings. The monoisotopic (exact) mass is 341 g/mol. The van der Waals surface area contributed by atoms with Crippen molar-refractivity contribution in [3.63, 3.8) is 0 Å². The number of imide groups is 1. The fourth-order valence-electron chi connectivity index (χ4n) is 3.24. The fraction of sp³-hybridized carbons (Fsp3) is 0.500. The quantitative estimate of drug-likeness (QED) is 0.865. The molecular formula is C16H18F3N3O2. The lowest BCUT2D eigenvalue weighted by Gasteiger charge is -2.39. The number of rotatable bonds is 2. The normalized spacial score (nSPS) is 24.0. The fourth-order valence-corrected chi connectivity index (χ4v) is 3.24. The molecule has 8 heteroatoms. The minimum Gasteiger partial charge on any atom is -0.334 e. The first-order valence-corrected chi connectivity index (χ1v) is 7.80. The van der Waals surface area contributed by atoms with E-state index >= 15 is 0 Å². The molecule has 2 aliphatic rings. The zero-order valence-corrected chi connectivity index (χ0v) is 12.9. The van der Waals surface area contributed by atoms with E-state index in [0.29, 0.717) is 18.7 Å². The summed E-state index contributed by atoms with van der Waals surface area (Å²) in [7, 11) is 0. The van der Waals surface area contributed by atoms with Crippen LogP contribution in [0.4, 0.5) is 18.0 Å². The van der Waals surface area contributed by atoms with Gasteiger partial charge in [-0.25, -0.2) is 4.79 Å². The number of benzene rings is 1. The van der Waals surface area contributed by atoms with E-state index in [1.54, 1.807) is 0 Å². The van der Waals surface area contributed by atoms with Gasteiger partial charge in [0.15, 0.2) is 0 Å². The van der Waals surface area contributed by atoms with E-state index in [0.717, 1.165) is 25.1 Å². The molecule has 0 aliphatic carbocycles. The number of fused-ring (bicyclic) bond motifs is 2. The van der Waals surface area contributed by atoms with E-state index in [9.17, 15) is 22.8 Å². The van der Waals surface area contributed by atoms with Crippen LogP contribution in [0.3, 0.4) is 0 Å². The average Bonchev–Trinajstić information content (AvgIpc) is 2.56. The van der Waals surface area contributed by atoms with Gasteiger partial charge in [0.1, 0.15) is 0 Å². The van der Waals surface area contributed by atoms with Gasteiger partial charge in [0.05, 0.1) is 11.5 Å². The second-order valence-electron chi connectivity index (χ2n) is 6.26. The second-order valence-corrected chi connectivity index (χ2v) is 6.26. The number of likely N-dealkylation sites (tertiary alicyclic amines) is 1. The molecule has 0 saturated carbocycles. The van der Waals surface area contributed by atoms with E-state index in [2.05, 4.69) is 10.6 Å². The number of nitrogens with one attached hydrogen (secondary N) is 2. The van der Waals surface area contributed by atoms with Gasteiger partial charge in [0.25, 0.3) is 0 Å². The number of carbonyl (C=O) groups is 2. The van der Waals surface area contributed by atoms with E-state index in [1.165, 1.54) is 17.0 Å². The highest BCUT2D eigenvalue weighted by atomic mass is 19.4. The third-order valence-corrected chi connectivity index (χ3v) is 4.44. The van der Waals surface area contributed by atoms with Crippen molar-refractivity contribution in [3.8, 4) is 0 Å². The van der Waals surface area contributed by atoms with Crippen molar-refractivity contribution in [2.45, 2.75) is 19.1 Å². The van der Waals surface area contributed by atoms with Gasteiger partial charge in [-0.1, -0.05) is 12.1 Å². The van der Waals surface area contributed by atoms with Crippen LogP contribution in [0.25, 0.3) is 0 Å². The molecule has 2 unspecified atom stereocenters. The van der Waals surface area contributed by atoms with Crippen molar-refractivity contribution in [3.05, 3.63) is 35.4 Å². The molecule has 24 heavy (non-hydrogen) atoms. The van der Waals surface area contributed by atoms with Crippen LogP contribution in [-0.2, 0) is 17.5 Å². The van der Waals surface area contributed by atoms with E-state index in [4.69, 9.17) is 0 Å².